The van der Waals surface area contributed by atoms with Crippen molar-refractivity contribution in [3.05, 3.63) is 0 Å². The second-order valence-corrected chi connectivity index (χ2v) is 9.61. The Hall–Kier alpha value is -0.530. The summed E-state index contributed by atoms with van der Waals surface area (Å²) in [5.41, 5.74) is 0.775. The first-order valence-corrected chi connectivity index (χ1v) is 7.86. The van der Waals surface area contributed by atoms with Crippen LogP contribution in [0.25, 0.3) is 0 Å². The number of hydrogen-bond acceptors (Lipinski definition) is 1. The van der Waals surface area contributed by atoms with Gasteiger partial charge in [0.25, 0.3) is 0 Å². The third-order valence-corrected chi connectivity index (χ3v) is 5.69. The lowest BCUT2D eigenvalue weighted by Crippen LogP contribution is -2.66. The largest absolute Gasteiger partial charge is 0.350 e. The summed E-state index contributed by atoms with van der Waals surface area (Å²) >= 11 is 0. The van der Waals surface area contributed by atoms with E-state index in [0.29, 0.717) is 10.8 Å². The van der Waals surface area contributed by atoms with E-state index in [1.807, 2.05) is 20.8 Å². The number of hydrogen-bond donors (Lipinski definition) is 1. The molecule has 2 unspecified atom stereocenters. The molecule has 2 nitrogen and oxygen atoms in total. The van der Waals surface area contributed by atoms with Crippen molar-refractivity contribution in [2.24, 2.45) is 22.2 Å². The summed E-state index contributed by atoms with van der Waals surface area (Å²) in [5, 5.41) is 3.48. The van der Waals surface area contributed by atoms with E-state index in [0.717, 1.165) is 5.92 Å². The molecule has 1 amide bonds. The molecule has 0 saturated heterocycles. The molecule has 2 atom stereocenters. The highest BCUT2D eigenvalue weighted by Crippen LogP contribution is 2.66. The van der Waals surface area contributed by atoms with Gasteiger partial charge in [-0.1, -0.05) is 34.6 Å². The molecule has 0 aromatic rings. The van der Waals surface area contributed by atoms with Crippen molar-refractivity contribution >= 4 is 5.91 Å². The minimum Gasteiger partial charge on any atom is -0.350 e. The molecule has 0 radical (unpaired) electrons. The zero-order chi connectivity index (χ0) is 14.1. The van der Waals surface area contributed by atoms with Crippen LogP contribution in [0, 0.1) is 22.2 Å². The molecule has 108 valence electrons. The van der Waals surface area contributed by atoms with Crippen molar-refractivity contribution in [1.29, 1.82) is 0 Å². The van der Waals surface area contributed by atoms with Gasteiger partial charge in [-0.2, -0.15) is 0 Å². The van der Waals surface area contributed by atoms with Crippen LogP contribution in [-0.4, -0.2) is 11.4 Å². The summed E-state index contributed by atoms with van der Waals surface area (Å²) in [6, 6.07) is 0. The highest BCUT2D eigenvalue weighted by molar-refractivity contribution is 5.82. The zero-order valence-corrected chi connectivity index (χ0v) is 13.2. The first-order valence-electron chi connectivity index (χ1n) is 7.86. The van der Waals surface area contributed by atoms with Gasteiger partial charge < -0.3 is 5.32 Å². The average molecular weight is 263 g/mol. The van der Waals surface area contributed by atoms with Crippen molar-refractivity contribution in [2.45, 2.75) is 78.7 Å². The molecular formula is C17H29NO. The van der Waals surface area contributed by atoms with Crippen LogP contribution in [0.4, 0.5) is 0 Å². The molecule has 0 spiro atoms. The summed E-state index contributed by atoms with van der Waals surface area (Å²) in [5.74, 6) is 1.08. The van der Waals surface area contributed by atoms with Gasteiger partial charge in [-0.15, -0.1) is 0 Å². The van der Waals surface area contributed by atoms with E-state index in [1.54, 1.807) is 0 Å². The molecule has 4 aliphatic rings. The molecule has 4 rings (SSSR count). The standard InChI is InChI=1S/C17H29NO/c1-14(2,3)13(19)18-17-8-12-6-15(4,10-17)9-16(5,7-12)11-17/h12H,6-11H2,1-5H3,(H,18,19). The fourth-order valence-electron chi connectivity index (χ4n) is 6.02. The van der Waals surface area contributed by atoms with Crippen LogP contribution in [-0.2, 0) is 4.79 Å². The summed E-state index contributed by atoms with van der Waals surface area (Å²) in [6.45, 7) is 11.0. The number of rotatable bonds is 1. The van der Waals surface area contributed by atoms with Crippen LogP contribution in [0.15, 0.2) is 0 Å². The molecule has 4 fully saturated rings. The molecule has 19 heavy (non-hydrogen) atoms. The van der Waals surface area contributed by atoms with Gasteiger partial charge in [-0.25, -0.2) is 0 Å². The second kappa shape index (κ2) is 3.56. The van der Waals surface area contributed by atoms with Crippen LogP contribution in [0.5, 0.6) is 0 Å². The topological polar surface area (TPSA) is 29.1 Å². The van der Waals surface area contributed by atoms with Crippen molar-refractivity contribution < 1.29 is 4.79 Å². The van der Waals surface area contributed by atoms with Crippen LogP contribution in [0.1, 0.15) is 73.1 Å². The Labute approximate surface area is 117 Å². The van der Waals surface area contributed by atoms with Gasteiger partial charge in [0.05, 0.1) is 0 Å². The predicted molar refractivity (Wildman–Crippen MR) is 77.7 cm³/mol. The lowest BCUT2D eigenvalue weighted by atomic mass is 9.42. The molecule has 4 saturated carbocycles. The average Bonchev–Trinajstić information content (AvgIpc) is 2.07. The highest BCUT2D eigenvalue weighted by Gasteiger charge is 2.60. The van der Waals surface area contributed by atoms with Gasteiger partial charge in [0, 0.05) is 11.0 Å². The highest BCUT2D eigenvalue weighted by atomic mass is 16.2. The van der Waals surface area contributed by atoms with E-state index < -0.39 is 0 Å². The third kappa shape index (κ3) is 2.21. The molecule has 1 N–H and O–H groups in total. The Morgan fingerprint density at radius 2 is 1.53 bits per heavy atom. The Kier molecular flexibility index (Phi) is 2.52. The van der Waals surface area contributed by atoms with E-state index >= 15 is 0 Å². The molecule has 4 bridgehead atoms. The SMILES string of the molecule is CC12CC3CC(C)(C1)CC(NC(=O)C(C)(C)C)(C3)C2. The van der Waals surface area contributed by atoms with Gasteiger partial charge in [-0.05, 0) is 55.3 Å². The van der Waals surface area contributed by atoms with Crippen molar-refractivity contribution in [1.82, 2.24) is 5.32 Å². The molecule has 0 aromatic heterocycles. The maximum atomic E-state index is 12.4. The Morgan fingerprint density at radius 3 is 1.95 bits per heavy atom. The lowest BCUT2D eigenvalue weighted by Gasteiger charge is -2.65. The minimum atomic E-state index is -0.273. The number of amides is 1. The van der Waals surface area contributed by atoms with Gasteiger partial charge >= 0.3 is 0 Å². The quantitative estimate of drug-likeness (QED) is 0.764. The monoisotopic (exact) mass is 263 g/mol. The van der Waals surface area contributed by atoms with Gasteiger partial charge in [-0.3, -0.25) is 4.79 Å². The zero-order valence-electron chi connectivity index (χ0n) is 13.2. The fourth-order valence-corrected chi connectivity index (χ4v) is 6.02. The summed E-state index contributed by atoms with van der Waals surface area (Å²) < 4.78 is 0. The number of carbonyl (C=O) groups is 1. The third-order valence-electron chi connectivity index (χ3n) is 5.69. The Bertz CT molecular complexity index is 401. The van der Waals surface area contributed by atoms with E-state index in [1.165, 1.54) is 38.5 Å². The van der Waals surface area contributed by atoms with Crippen LogP contribution >= 0.6 is 0 Å². The first-order chi connectivity index (χ1) is 8.53. The van der Waals surface area contributed by atoms with Crippen LogP contribution in [0.3, 0.4) is 0 Å². The van der Waals surface area contributed by atoms with E-state index in [9.17, 15) is 4.79 Å². The molecule has 0 aromatic carbocycles. The van der Waals surface area contributed by atoms with E-state index in [2.05, 4.69) is 19.2 Å². The van der Waals surface area contributed by atoms with Crippen molar-refractivity contribution in [3.8, 4) is 0 Å². The van der Waals surface area contributed by atoms with Crippen molar-refractivity contribution in [3.63, 3.8) is 0 Å². The smallest absolute Gasteiger partial charge is 0.225 e. The normalized spacial score (nSPS) is 48.4. The van der Waals surface area contributed by atoms with Crippen molar-refractivity contribution in [2.75, 3.05) is 0 Å². The summed E-state index contributed by atoms with van der Waals surface area (Å²) in [7, 11) is 0. The molecule has 2 heteroatoms. The summed E-state index contributed by atoms with van der Waals surface area (Å²) in [4.78, 5) is 12.4. The van der Waals surface area contributed by atoms with Crippen LogP contribution in [0.2, 0.25) is 0 Å². The minimum absolute atomic E-state index is 0.104. The van der Waals surface area contributed by atoms with E-state index in [4.69, 9.17) is 0 Å². The second-order valence-electron chi connectivity index (χ2n) is 9.61. The maximum absolute atomic E-state index is 12.4. The lowest BCUT2D eigenvalue weighted by molar-refractivity contribution is -0.145. The Morgan fingerprint density at radius 1 is 1.00 bits per heavy atom. The van der Waals surface area contributed by atoms with Gasteiger partial charge in [0.1, 0.15) is 0 Å². The maximum Gasteiger partial charge on any atom is 0.225 e. The predicted octanol–water partition coefficient (Wildman–Crippen LogP) is 3.90. The molecule has 0 aliphatic heterocycles. The molecular weight excluding hydrogens is 234 g/mol. The number of carbonyl (C=O) groups excluding carboxylic acids is 1. The number of nitrogens with one attached hydrogen (secondary N) is 1. The van der Waals surface area contributed by atoms with Gasteiger partial charge in [0.2, 0.25) is 5.91 Å². The van der Waals surface area contributed by atoms with E-state index in [-0.39, 0.29) is 16.9 Å². The Balaban J connectivity index is 1.87. The summed E-state index contributed by atoms with van der Waals surface area (Å²) in [6.07, 6.45) is 7.76. The molecule has 4 aliphatic carbocycles. The van der Waals surface area contributed by atoms with Crippen LogP contribution < -0.4 is 5.32 Å². The fraction of sp³-hybridized carbons (Fsp3) is 0.941. The van der Waals surface area contributed by atoms with Gasteiger partial charge in [0.15, 0.2) is 0 Å². The molecule has 0 heterocycles. The first kappa shape index (κ1) is 13.5.